The van der Waals surface area contributed by atoms with Gasteiger partial charge in [0, 0.05) is 13.1 Å². The number of hydrogen-bond donors (Lipinski definition) is 5. The molecule has 2 heterocycles. The molecule has 2 rings (SSSR count). The number of rotatable bonds is 6. The number of hydrogen-bond acceptors (Lipinski definition) is 8. The van der Waals surface area contributed by atoms with Crippen LogP contribution >= 0.6 is 0 Å². The number of nitrogen functional groups attached to an aromatic ring is 1. The standard InChI is InChI=1S/C9H15N7O2/c10-14-9-12-7-6(5-11-15-7)8(13-9)16(1-3-17)2-4-18/h5,17-18H,1-4,10H2,(H2,11,12,13,14,15). The number of aromatic amines is 1. The van der Waals surface area contributed by atoms with E-state index in [1.54, 1.807) is 11.1 Å². The number of nitrogens with zero attached hydrogens (tertiary/aromatic N) is 4. The molecule has 2 aromatic rings. The van der Waals surface area contributed by atoms with Crippen LogP contribution in [0.15, 0.2) is 6.20 Å². The maximum Gasteiger partial charge on any atom is 0.241 e. The third-order valence-electron chi connectivity index (χ3n) is 2.46. The molecule has 0 atom stereocenters. The normalized spacial score (nSPS) is 10.8. The van der Waals surface area contributed by atoms with Crippen molar-refractivity contribution >= 4 is 22.8 Å². The molecule has 2 aromatic heterocycles. The third-order valence-corrected chi connectivity index (χ3v) is 2.46. The first-order chi connectivity index (χ1) is 8.80. The maximum absolute atomic E-state index is 9.04. The number of H-pyrrole nitrogens is 1. The highest BCUT2D eigenvalue weighted by molar-refractivity contribution is 5.87. The van der Waals surface area contributed by atoms with Gasteiger partial charge in [-0.1, -0.05) is 0 Å². The van der Waals surface area contributed by atoms with Gasteiger partial charge < -0.3 is 15.1 Å². The van der Waals surface area contributed by atoms with Gasteiger partial charge in [-0.25, -0.2) is 5.84 Å². The summed E-state index contributed by atoms with van der Waals surface area (Å²) in [5, 5.41) is 25.4. The van der Waals surface area contributed by atoms with Crippen LogP contribution in [0.5, 0.6) is 0 Å². The van der Waals surface area contributed by atoms with Gasteiger partial charge in [0.05, 0.1) is 24.8 Å². The zero-order valence-corrected chi connectivity index (χ0v) is 9.67. The van der Waals surface area contributed by atoms with Crippen molar-refractivity contribution in [2.75, 3.05) is 36.6 Å². The first-order valence-corrected chi connectivity index (χ1v) is 5.44. The van der Waals surface area contributed by atoms with Crippen LogP contribution in [0.25, 0.3) is 11.0 Å². The van der Waals surface area contributed by atoms with Crippen LogP contribution in [0.2, 0.25) is 0 Å². The lowest BCUT2D eigenvalue weighted by molar-refractivity contribution is 0.281. The lowest BCUT2D eigenvalue weighted by Gasteiger charge is -2.22. The summed E-state index contributed by atoms with van der Waals surface area (Å²) in [7, 11) is 0. The molecule has 6 N–H and O–H groups in total. The Balaban J connectivity index is 2.48. The van der Waals surface area contributed by atoms with E-state index in [0.29, 0.717) is 29.9 Å². The molecular weight excluding hydrogens is 238 g/mol. The number of nitrogens with one attached hydrogen (secondary N) is 2. The Morgan fingerprint density at radius 3 is 2.61 bits per heavy atom. The van der Waals surface area contributed by atoms with Crippen molar-refractivity contribution in [2.45, 2.75) is 0 Å². The highest BCUT2D eigenvalue weighted by Crippen LogP contribution is 2.23. The molecule has 9 nitrogen and oxygen atoms in total. The van der Waals surface area contributed by atoms with Gasteiger partial charge in [0.25, 0.3) is 0 Å². The lowest BCUT2D eigenvalue weighted by Crippen LogP contribution is -2.31. The van der Waals surface area contributed by atoms with Gasteiger partial charge in [0.1, 0.15) is 5.82 Å². The van der Waals surface area contributed by atoms with E-state index < -0.39 is 0 Å². The zero-order chi connectivity index (χ0) is 13.0. The minimum Gasteiger partial charge on any atom is -0.395 e. The van der Waals surface area contributed by atoms with Crippen molar-refractivity contribution in [3.63, 3.8) is 0 Å². The van der Waals surface area contributed by atoms with Crippen LogP contribution in [0, 0.1) is 0 Å². The van der Waals surface area contributed by atoms with Gasteiger partial charge in [-0.2, -0.15) is 15.1 Å². The average molecular weight is 253 g/mol. The largest absolute Gasteiger partial charge is 0.395 e. The van der Waals surface area contributed by atoms with Gasteiger partial charge in [0.2, 0.25) is 5.95 Å². The van der Waals surface area contributed by atoms with E-state index in [4.69, 9.17) is 16.1 Å². The van der Waals surface area contributed by atoms with E-state index >= 15 is 0 Å². The topological polar surface area (TPSA) is 136 Å². The van der Waals surface area contributed by atoms with Crippen molar-refractivity contribution in [1.82, 2.24) is 20.2 Å². The summed E-state index contributed by atoms with van der Waals surface area (Å²) < 4.78 is 0. The molecule has 0 spiro atoms. The molecule has 0 bridgehead atoms. The molecule has 0 unspecified atom stereocenters. The van der Waals surface area contributed by atoms with E-state index in [2.05, 4.69) is 25.6 Å². The van der Waals surface area contributed by atoms with E-state index in [1.165, 1.54) is 0 Å². The van der Waals surface area contributed by atoms with Crippen LogP contribution < -0.4 is 16.2 Å². The smallest absolute Gasteiger partial charge is 0.241 e. The summed E-state index contributed by atoms with van der Waals surface area (Å²) in [5.41, 5.74) is 2.90. The molecule has 0 fully saturated rings. The summed E-state index contributed by atoms with van der Waals surface area (Å²) in [4.78, 5) is 10.1. The molecule has 0 saturated carbocycles. The molecule has 0 aliphatic rings. The second-order valence-electron chi connectivity index (χ2n) is 3.58. The Morgan fingerprint density at radius 1 is 1.28 bits per heavy atom. The fraction of sp³-hybridized carbons (Fsp3) is 0.444. The summed E-state index contributed by atoms with van der Waals surface area (Å²) in [5.74, 6) is 6.10. The van der Waals surface area contributed by atoms with Crippen molar-refractivity contribution in [3.05, 3.63) is 6.20 Å². The van der Waals surface area contributed by atoms with Crippen LogP contribution in [0.3, 0.4) is 0 Å². The molecule has 9 heteroatoms. The number of hydrazine groups is 1. The number of nitrogens with two attached hydrogens (primary N) is 1. The first kappa shape index (κ1) is 12.5. The van der Waals surface area contributed by atoms with Gasteiger partial charge in [-0.05, 0) is 0 Å². The minimum atomic E-state index is -0.0469. The molecule has 0 aliphatic heterocycles. The van der Waals surface area contributed by atoms with Crippen LogP contribution in [-0.2, 0) is 0 Å². The summed E-state index contributed by atoms with van der Waals surface area (Å²) >= 11 is 0. The van der Waals surface area contributed by atoms with Crippen molar-refractivity contribution in [3.8, 4) is 0 Å². The number of aliphatic hydroxyl groups excluding tert-OH is 2. The Kier molecular flexibility index (Phi) is 3.87. The Labute approximate surface area is 103 Å². The second kappa shape index (κ2) is 5.58. The molecule has 0 aromatic carbocycles. The lowest BCUT2D eigenvalue weighted by atomic mass is 10.3. The molecule has 0 amide bonds. The predicted octanol–water partition coefficient (Wildman–Crippen LogP) is -1.57. The zero-order valence-electron chi connectivity index (χ0n) is 9.67. The summed E-state index contributed by atoms with van der Waals surface area (Å²) in [6.07, 6.45) is 1.59. The SMILES string of the molecule is NNc1nc(N(CCO)CCO)c2cn[nH]c2n1. The van der Waals surface area contributed by atoms with E-state index in [1.807, 2.05) is 0 Å². The molecule has 0 aliphatic carbocycles. The number of aromatic nitrogens is 4. The van der Waals surface area contributed by atoms with Crippen LogP contribution in [0.1, 0.15) is 0 Å². The van der Waals surface area contributed by atoms with Gasteiger partial charge >= 0.3 is 0 Å². The fourth-order valence-corrected chi connectivity index (χ4v) is 1.69. The average Bonchev–Trinajstić information content (AvgIpc) is 2.85. The Hall–Kier alpha value is -1.97. The predicted molar refractivity (Wildman–Crippen MR) is 65.9 cm³/mol. The molecule has 98 valence electrons. The molecule has 0 radical (unpaired) electrons. The van der Waals surface area contributed by atoms with E-state index in [-0.39, 0.29) is 19.2 Å². The number of anilines is 2. The van der Waals surface area contributed by atoms with Gasteiger partial charge in [-0.3, -0.25) is 10.5 Å². The van der Waals surface area contributed by atoms with E-state index in [0.717, 1.165) is 0 Å². The summed E-state index contributed by atoms with van der Waals surface area (Å²) in [6, 6.07) is 0. The number of fused-ring (bicyclic) bond motifs is 1. The van der Waals surface area contributed by atoms with E-state index in [9.17, 15) is 0 Å². The number of aliphatic hydroxyl groups is 2. The van der Waals surface area contributed by atoms with Crippen molar-refractivity contribution in [2.24, 2.45) is 5.84 Å². The van der Waals surface area contributed by atoms with Crippen molar-refractivity contribution in [1.29, 1.82) is 0 Å². The maximum atomic E-state index is 9.04. The minimum absolute atomic E-state index is 0.0469. The van der Waals surface area contributed by atoms with Crippen LogP contribution in [0.4, 0.5) is 11.8 Å². The summed E-state index contributed by atoms with van der Waals surface area (Å²) in [6.45, 7) is 0.604. The Bertz CT molecular complexity index is 509. The highest BCUT2D eigenvalue weighted by Gasteiger charge is 2.15. The Morgan fingerprint density at radius 2 is 2.00 bits per heavy atom. The van der Waals surface area contributed by atoms with Crippen LogP contribution in [-0.4, -0.2) is 56.7 Å². The first-order valence-electron chi connectivity index (χ1n) is 5.44. The molecule has 0 saturated heterocycles. The highest BCUT2D eigenvalue weighted by atomic mass is 16.3. The quantitative estimate of drug-likeness (QED) is 0.307. The van der Waals surface area contributed by atoms with Gasteiger partial charge in [-0.15, -0.1) is 0 Å². The second-order valence-corrected chi connectivity index (χ2v) is 3.58. The molecular formula is C9H15N7O2. The monoisotopic (exact) mass is 253 g/mol. The van der Waals surface area contributed by atoms with Crippen molar-refractivity contribution < 1.29 is 10.2 Å². The fourth-order valence-electron chi connectivity index (χ4n) is 1.69. The molecule has 18 heavy (non-hydrogen) atoms. The van der Waals surface area contributed by atoms with Gasteiger partial charge in [0.15, 0.2) is 5.65 Å². The third kappa shape index (κ3) is 2.32.